The van der Waals surface area contributed by atoms with Gasteiger partial charge in [0, 0.05) is 24.7 Å². The number of likely N-dealkylation sites (N-methyl/N-ethyl adjacent to an activating group) is 2. The molecular weight excluding hydrogens is 254 g/mol. The summed E-state index contributed by atoms with van der Waals surface area (Å²) in [5.41, 5.74) is 7.25. The number of nitrogens with zero attached hydrogens (tertiary/aromatic N) is 1. The van der Waals surface area contributed by atoms with E-state index in [9.17, 15) is 4.79 Å². The van der Waals surface area contributed by atoms with Gasteiger partial charge in [0.15, 0.2) is 0 Å². The Morgan fingerprint density at radius 3 is 2.85 bits per heavy atom. The van der Waals surface area contributed by atoms with Crippen molar-refractivity contribution in [1.29, 1.82) is 0 Å². The zero-order valence-electron chi connectivity index (χ0n) is 12.2. The summed E-state index contributed by atoms with van der Waals surface area (Å²) >= 11 is 0. The maximum atomic E-state index is 11.4. The molecule has 0 fully saturated rings. The largest absolute Gasteiger partial charge is 0.496 e. The van der Waals surface area contributed by atoms with Crippen LogP contribution < -0.4 is 15.8 Å². The molecule has 20 heavy (non-hydrogen) atoms. The van der Waals surface area contributed by atoms with Crippen LogP contribution in [0, 0.1) is 11.8 Å². The van der Waals surface area contributed by atoms with Gasteiger partial charge in [-0.25, -0.2) is 0 Å². The average molecular weight is 275 g/mol. The minimum absolute atomic E-state index is 0.0226. The third kappa shape index (κ3) is 4.92. The average Bonchev–Trinajstić information content (AvgIpc) is 2.45. The van der Waals surface area contributed by atoms with E-state index >= 15 is 0 Å². The number of hydrogen-bond donors (Lipinski definition) is 2. The van der Waals surface area contributed by atoms with Gasteiger partial charge in [0.1, 0.15) is 5.75 Å². The maximum absolute atomic E-state index is 11.4. The van der Waals surface area contributed by atoms with Gasteiger partial charge in [0.05, 0.1) is 20.2 Å². The SMILES string of the molecule is CNC(=O)CN(C)Cc1cc(C#CCN)ccc1OC. The van der Waals surface area contributed by atoms with Crippen molar-refractivity contribution in [2.75, 3.05) is 34.3 Å². The molecular formula is C15H21N3O2. The lowest BCUT2D eigenvalue weighted by molar-refractivity contribution is -0.121. The number of nitrogens with two attached hydrogens (primary N) is 1. The first-order chi connectivity index (χ1) is 9.60. The molecule has 0 bridgehead atoms. The smallest absolute Gasteiger partial charge is 0.233 e. The van der Waals surface area contributed by atoms with Crippen LogP contribution in [0.15, 0.2) is 18.2 Å². The zero-order chi connectivity index (χ0) is 15.0. The van der Waals surface area contributed by atoms with E-state index in [1.54, 1.807) is 14.2 Å². The fraction of sp³-hybridized carbons (Fsp3) is 0.400. The van der Waals surface area contributed by atoms with Crippen LogP contribution in [0.1, 0.15) is 11.1 Å². The summed E-state index contributed by atoms with van der Waals surface area (Å²) in [7, 11) is 5.13. The van der Waals surface area contributed by atoms with Gasteiger partial charge in [-0.2, -0.15) is 0 Å². The molecule has 0 atom stereocenters. The van der Waals surface area contributed by atoms with Crippen LogP contribution in [0.25, 0.3) is 0 Å². The van der Waals surface area contributed by atoms with Gasteiger partial charge in [0.2, 0.25) is 5.91 Å². The summed E-state index contributed by atoms with van der Waals surface area (Å²) in [5.74, 6) is 6.58. The van der Waals surface area contributed by atoms with Gasteiger partial charge in [0.25, 0.3) is 0 Å². The first-order valence-corrected chi connectivity index (χ1v) is 6.35. The molecule has 0 radical (unpaired) electrons. The van der Waals surface area contributed by atoms with Gasteiger partial charge < -0.3 is 15.8 Å². The quantitative estimate of drug-likeness (QED) is 0.753. The molecule has 1 amide bonds. The van der Waals surface area contributed by atoms with Crippen LogP contribution in [0.3, 0.4) is 0 Å². The highest BCUT2D eigenvalue weighted by atomic mass is 16.5. The number of rotatable bonds is 5. The first-order valence-electron chi connectivity index (χ1n) is 6.35. The Bertz CT molecular complexity index is 518. The lowest BCUT2D eigenvalue weighted by Crippen LogP contribution is -2.32. The monoisotopic (exact) mass is 275 g/mol. The molecule has 0 aromatic heterocycles. The minimum atomic E-state index is -0.0226. The van der Waals surface area contributed by atoms with Crippen molar-refractivity contribution in [2.24, 2.45) is 5.73 Å². The number of ether oxygens (including phenoxy) is 1. The van der Waals surface area contributed by atoms with E-state index in [4.69, 9.17) is 10.5 Å². The summed E-state index contributed by atoms with van der Waals surface area (Å²) < 4.78 is 5.34. The Morgan fingerprint density at radius 2 is 2.25 bits per heavy atom. The first kappa shape index (κ1) is 16.0. The van der Waals surface area contributed by atoms with E-state index in [-0.39, 0.29) is 5.91 Å². The second kappa shape index (κ2) is 8.20. The summed E-state index contributed by atoms with van der Waals surface area (Å²) in [6.07, 6.45) is 0. The van der Waals surface area contributed by atoms with Gasteiger partial charge in [-0.1, -0.05) is 11.8 Å². The number of hydrogen-bond acceptors (Lipinski definition) is 4. The predicted molar refractivity (Wildman–Crippen MR) is 79.3 cm³/mol. The number of amides is 1. The van der Waals surface area contributed by atoms with Crippen LogP contribution in [0.2, 0.25) is 0 Å². The molecule has 0 aliphatic rings. The summed E-state index contributed by atoms with van der Waals surface area (Å²) in [6.45, 7) is 1.27. The van der Waals surface area contributed by atoms with Crippen molar-refractivity contribution < 1.29 is 9.53 Å². The molecule has 108 valence electrons. The van der Waals surface area contributed by atoms with Crippen LogP contribution in [-0.2, 0) is 11.3 Å². The standard InChI is InChI=1S/C15H21N3O2/c1-17-15(19)11-18(2)10-13-9-12(5-4-8-16)6-7-14(13)20-3/h6-7,9H,8,10-11,16H2,1-3H3,(H,17,19). The van der Waals surface area contributed by atoms with Crippen molar-refractivity contribution >= 4 is 5.91 Å². The van der Waals surface area contributed by atoms with E-state index in [1.165, 1.54) is 0 Å². The number of benzene rings is 1. The van der Waals surface area contributed by atoms with E-state index in [0.29, 0.717) is 19.6 Å². The van der Waals surface area contributed by atoms with E-state index in [1.807, 2.05) is 30.1 Å². The Morgan fingerprint density at radius 1 is 1.50 bits per heavy atom. The fourth-order valence-corrected chi connectivity index (χ4v) is 1.80. The molecule has 0 saturated carbocycles. The van der Waals surface area contributed by atoms with Crippen LogP contribution in [0.5, 0.6) is 5.75 Å². The molecule has 1 aromatic rings. The van der Waals surface area contributed by atoms with Crippen molar-refractivity contribution in [3.63, 3.8) is 0 Å². The molecule has 5 heteroatoms. The van der Waals surface area contributed by atoms with Crippen molar-refractivity contribution in [3.8, 4) is 17.6 Å². The molecule has 1 rings (SSSR count). The van der Waals surface area contributed by atoms with E-state index in [2.05, 4.69) is 17.2 Å². The molecule has 0 aliphatic heterocycles. The molecule has 3 N–H and O–H groups in total. The highest BCUT2D eigenvalue weighted by Crippen LogP contribution is 2.20. The van der Waals surface area contributed by atoms with Gasteiger partial charge in [-0.15, -0.1) is 0 Å². The molecule has 1 aromatic carbocycles. The molecule has 0 aliphatic carbocycles. The number of carbonyl (C=O) groups is 1. The highest BCUT2D eigenvalue weighted by molar-refractivity contribution is 5.77. The van der Waals surface area contributed by atoms with Gasteiger partial charge >= 0.3 is 0 Å². The highest BCUT2D eigenvalue weighted by Gasteiger charge is 2.09. The predicted octanol–water partition coefficient (Wildman–Crippen LogP) is 0.183. The van der Waals surface area contributed by atoms with Crippen molar-refractivity contribution in [1.82, 2.24) is 10.2 Å². The number of methoxy groups -OCH3 is 1. The fourth-order valence-electron chi connectivity index (χ4n) is 1.80. The Labute approximate surface area is 120 Å². The van der Waals surface area contributed by atoms with E-state index < -0.39 is 0 Å². The molecule has 5 nitrogen and oxygen atoms in total. The van der Waals surface area contributed by atoms with Crippen molar-refractivity contribution in [3.05, 3.63) is 29.3 Å². The molecule has 0 spiro atoms. The van der Waals surface area contributed by atoms with Crippen LogP contribution >= 0.6 is 0 Å². The minimum Gasteiger partial charge on any atom is -0.496 e. The zero-order valence-corrected chi connectivity index (χ0v) is 12.2. The third-order valence-electron chi connectivity index (χ3n) is 2.75. The maximum Gasteiger partial charge on any atom is 0.233 e. The van der Waals surface area contributed by atoms with Crippen molar-refractivity contribution in [2.45, 2.75) is 6.54 Å². The van der Waals surface area contributed by atoms with E-state index in [0.717, 1.165) is 16.9 Å². The Hall–Kier alpha value is -2.03. The lowest BCUT2D eigenvalue weighted by atomic mass is 10.1. The second-order valence-corrected chi connectivity index (χ2v) is 4.38. The lowest BCUT2D eigenvalue weighted by Gasteiger charge is -2.17. The third-order valence-corrected chi connectivity index (χ3v) is 2.75. The number of carbonyl (C=O) groups excluding carboxylic acids is 1. The van der Waals surface area contributed by atoms with Gasteiger partial charge in [-0.3, -0.25) is 9.69 Å². The van der Waals surface area contributed by atoms with Crippen LogP contribution in [-0.4, -0.2) is 45.1 Å². The summed E-state index contributed by atoms with van der Waals surface area (Å²) in [4.78, 5) is 13.3. The second-order valence-electron chi connectivity index (χ2n) is 4.38. The molecule has 0 unspecified atom stereocenters. The summed E-state index contributed by atoms with van der Waals surface area (Å²) in [6, 6.07) is 5.73. The molecule has 0 heterocycles. The normalized spacial score (nSPS) is 9.85. The summed E-state index contributed by atoms with van der Waals surface area (Å²) in [5, 5.41) is 2.60. The Balaban J connectivity index is 2.87. The topological polar surface area (TPSA) is 67.6 Å². The van der Waals surface area contributed by atoms with Gasteiger partial charge in [-0.05, 0) is 25.2 Å². The number of nitrogens with one attached hydrogen (secondary N) is 1. The Kier molecular flexibility index (Phi) is 6.57. The molecule has 0 saturated heterocycles. The van der Waals surface area contributed by atoms with Crippen LogP contribution in [0.4, 0.5) is 0 Å².